The highest BCUT2D eigenvalue weighted by atomic mass is 16.7. The van der Waals surface area contributed by atoms with Gasteiger partial charge in [0.15, 0.2) is 11.5 Å². The van der Waals surface area contributed by atoms with Crippen LogP contribution in [-0.4, -0.2) is 10.7 Å². The number of nitro groups is 1. The normalized spacial score (nSPS) is 20.5. The van der Waals surface area contributed by atoms with Crippen LogP contribution in [0.3, 0.4) is 0 Å². The minimum absolute atomic E-state index is 0.0419. The molecule has 1 aliphatic carbocycles. The predicted octanol–water partition coefficient (Wildman–Crippen LogP) is 3.03. The summed E-state index contributed by atoms with van der Waals surface area (Å²) in [5.41, 5.74) is 0.0419. The maximum atomic E-state index is 10.7. The van der Waals surface area contributed by atoms with Gasteiger partial charge < -0.3 is 9.47 Å². The molecule has 0 unspecified atom stereocenters. The molecule has 1 fully saturated rings. The largest absolute Gasteiger partial charge is 0.448 e. The molecule has 1 aromatic rings. The van der Waals surface area contributed by atoms with Crippen molar-refractivity contribution in [3.63, 3.8) is 0 Å². The number of benzene rings is 1. The second-order valence-corrected chi connectivity index (χ2v) is 4.56. The Balaban J connectivity index is 1.89. The van der Waals surface area contributed by atoms with Crippen LogP contribution in [-0.2, 0) is 0 Å². The fourth-order valence-corrected chi connectivity index (χ4v) is 2.49. The molecule has 5 nitrogen and oxygen atoms in total. The number of ether oxygens (including phenoxy) is 2. The quantitative estimate of drug-likeness (QED) is 0.554. The number of hydrogen-bond acceptors (Lipinski definition) is 4. The second kappa shape index (κ2) is 3.61. The first kappa shape index (κ1) is 10.4. The van der Waals surface area contributed by atoms with E-state index in [4.69, 9.17) is 9.47 Å². The SMILES string of the molecule is O=[N+]([O-])c1ccc2c(c1)OC1(CCCCC1)O2. The number of fused-ring (bicyclic) bond motifs is 1. The van der Waals surface area contributed by atoms with Crippen LogP contribution in [0.25, 0.3) is 0 Å². The van der Waals surface area contributed by atoms with E-state index < -0.39 is 10.7 Å². The third-order valence-corrected chi connectivity index (χ3v) is 3.35. The molecule has 0 saturated heterocycles. The van der Waals surface area contributed by atoms with Crippen LogP contribution in [0.1, 0.15) is 32.1 Å². The van der Waals surface area contributed by atoms with Crippen molar-refractivity contribution in [3.8, 4) is 11.5 Å². The minimum Gasteiger partial charge on any atom is -0.448 e. The zero-order chi connectivity index (χ0) is 11.9. The standard InChI is InChI=1S/C12H13NO4/c14-13(15)9-4-5-10-11(8-9)17-12(16-10)6-2-1-3-7-12/h4-5,8H,1-3,6-7H2. The average molecular weight is 235 g/mol. The average Bonchev–Trinajstić information content (AvgIpc) is 2.66. The Kier molecular flexibility index (Phi) is 2.21. The van der Waals surface area contributed by atoms with Gasteiger partial charge in [-0.2, -0.15) is 0 Å². The first-order chi connectivity index (χ1) is 8.19. The second-order valence-electron chi connectivity index (χ2n) is 4.56. The highest BCUT2D eigenvalue weighted by molar-refractivity contribution is 5.50. The summed E-state index contributed by atoms with van der Waals surface area (Å²) in [6.07, 6.45) is 5.07. The van der Waals surface area contributed by atoms with E-state index in [0.717, 1.165) is 25.7 Å². The maximum Gasteiger partial charge on any atom is 0.273 e. The molecule has 2 aliphatic rings. The Labute approximate surface area is 98.5 Å². The summed E-state index contributed by atoms with van der Waals surface area (Å²) in [6.45, 7) is 0. The first-order valence-corrected chi connectivity index (χ1v) is 5.85. The molecule has 1 heterocycles. The third kappa shape index (κ3) is 1.71. The van der Waals surface area contributed by atoms with Gasteiger partial charge in [0.1, 0.15) is 0 Å². The monoisotopic (exact) mass is 235 g/mol. The van der Waals surface area contributed by atoms with Gasteiger partial charge in [-0.3, -0.25) is 10.1 Å². The lowest BCUT2D eigenvalue weighted by atomic mass is 9.94. The van der Waals surface area contributed by atoms with Crippen molar-refractivity contribution in [2.24, 2.45) is 0 Å². The summed E-state index contributed by atoms with van der Waals surface area (Å²) in [5.74, 6) is 0.564. The number of nitrogens with zero attached hydrogens (tertiary/aromatic N) is 1. The predicted molar refractivity (Wildman–Crippen MR) is 60.2 cm³/mol. The fourth-order valence-electron chi connectivity index (χ4n) is 2.49. The minimum atomic E-state index is -0.560. The Bertz CT molecular complexity index is 466. The van der Waals surface area contributed by atoms with Crippen molar-refractivity contribution >= 4 is 5.69 Å². The smallest absolute Gasteiger partial charge is 0.273 e. The molecule has 1 aliphatic heterocycles. The zero-order valence-electron chi connectivity index (χ0n) is 9.35. The Morgan fingerprint density at radius 2 is 1.82 bits per heavy atom. The summed E-state index contributed by atoms with van der Waals surface area (Å²) >= 11 is 0. The lowest BCUT2D eigenvalue weighted by Gasteiger charge is -2.31. The van der Waals surface area contributed by atoms with Crippen LogP contribution < -0.4 is 9.47 Å². The Morgan fingerprint density at radius 1 is 1.12 bits per heavy atom. The first-order valence-electron chi connectivity index (χ1n) is 5.85. The zero-order valence-corrected chi connectivity index (χ0v) is 9.35. The van der Waals surface area contributed by atoms with Gasteiger partial charge in [0, 0.05) is 18.9 Å². The topological polar surface area (TPSA) is 61.6 Å². The highest BCUT2D eigenvalue weighted by Gasteiger charge is 2.42. The van der Waals surface area contributed by atoms with Gasteiger partial charge >= 0.3 is 0 Å². The highest BCUT2D eigenvalue weighted by Crippen LogP contribution is 2.46. The van der Waals surface area contributed by atoms with E-state index in [-0.39, 0.29) is 5.69 Å². The van der Waals surface area contributed by atoms with Crippen molar-refractivity contribution in [3.05, 3.63) is 28.3 Å². The molecule has 0 radical (unpaired) electrons. The summed E-state index contributed by atoms with van der Waals surface area (Å²) in [4.78, 5) is 10.3. The van der Waals surface area contributed by atoms with Crippen LogP contribution in [0.5, 0.6) is 11.5 Å². The molecule has 0 bridgehead atoms. The van der Waals surface area contributed by atoms with Crippen LogP contribution in [0.2, 0.25) is 0 Å². The lowest BCUT2D eigenvalue weighted by Crippen LogP contribution is -2.40. The van der Waals surface area contributed by atoms with Gasteiger partial charge in [-0.15, -0.1) is 0 Å². The van der Waals surface area contributed by atoms with E-state index in [0.29, 0.717) is 11.5 Å². The number of rotatable bonds is 1. The number of hydrogen-bond donors (Lipinski definition) is 0. The van der Waals surface area contributed by atoms with Crippen molar-refractivity contribution in [1.82, 2.24) is 0 Å². The lowest BCUT2D eigenvalue weighted by molar-refractivity contribution is -0.384. The molecule has 1 aromatic carbocycles. The van der Waals surface area contributed by atoms with Crippen molar-refractivity contribution in [1.29, 1.82) is 0 Å². The van der Waals surface area contributed by atoms with E-state index in [1.165, 1.54) is 18.6 Å². The summed E-state index contributed by atoms with van der Waals surface area (Å²) in [6, 6.07) is 4.51. The van der Waals surface area contributed by atoms with Gasteiger partial charge in [-0.1, -0.05) is 6.42 Å². The summed E-state index contributed by atoms with van der Waals surface area (Å²) in [7, 11) is 0. The van der Waals surface area contributed by atoms with Crippen LogP contribution in [0.15, 0.2) is 18.2 Å². The third-order valence-electron chi connectivity index (χ3n) is 3.35. The van der Waals surface area contributed by atoms with E-state index in [1.54, 1.807) is 6.07 Å². The molecule has 0 atom stereocenters. The van der Waals surface area contributed by atoms with Crippen LogP contribution in [0.4, 0.5) is 5.69 Å². The van der Waals surface area contributed by atoms with Crippen molar-refractivity contribution in [2.45, 2.75) is 37.9 Å². The molecule has 5 heteroatoms. The molecule has 1 saturated carbocycles. The maximum absolute atomic E-state index is 10.7. The van der Waals surface area contributed by atoms with Gasteiger partial charge in [-0.05, 0) is 18.9 Å². The summed E-state index contributed by atoms with van der Waals surface area (Å²) in [5, 5.41) is 10.7. The van der Waals surface area contributed by atoms with Gasteiger partial charge in [0.2, 0.25) is 0 Å². The van der Waals surface area contributed by atoms with E-state index in [9.17, 15) is 10.1 Å². The summed E-state index contributed by atoms with van der Waals surface area (Å²) < 4.78 is 11.6. The molecular weight excluding hydrogens is 222 g/mol. The van der Waals surface area contributed by atoms with E-state index in [2.05, 4.69) is 0 Å². The van der Waals surface area contributed by atoms with E-state index >= 15 is 0 Å². The van der Waals surface area contributed by atoms with Crippen LogP contribution in [0, 0.1) is 10.1 Å². The number of non-ortho nitro benzene ring substituents is 1. The van der Waals surface area contributed by atoms with Gasteiger partial charge in [-0.25, -0.2) is 0 Å². The van der Waals surface area contributed by atoms with E-state index in [1.807, 2.05) is 0 Å². The van der Waals surface area contributed by atoms with Crippen LogP contribution >= 0.6 is 0 Å². The van der Waals surface area contributed by atoms with Crippen molar-refractivity contribution < 1.29 is 14.4 Å². The fraction of sp³-hybridized carbons (Fsp3) is 0.500. The number of nitro benzene ring substituents is 1. The molecule has 0 amide bonds. The Morgan fingerprint density at radius 3 is 2.53 bits per heavy atom. The molecule has 90 valence electrons. The molecular formula is C12H13NO4. The molecule has 17 heavy (non-hydrogen) atoms. The Hall–Kier alpha value is -1.78. The molecule has 3 rings (SSSR count). The molecule has 0 N–H and O–H groups in total. The molecule has 0 aromatic heterocycles. The molecule has 1 spiro atoms. The van der Waals surface area contributed by atoms with Crippen molar-refractivity contribution in [2.75, 3.05) is 0 Å². The van der Waals surface area contributed by atoms with Gasteiger partial charge in [0.05, 0.1) is 11.0 Å². The van der Waals surface area contributed by atoms with Gasteiger partial charge in [0.25, 0.3) is 11.5 Å².